The molecule has 80 valence electrons. The normalized spacial score (nSPS) is 23.4. The highest BCUT2D eigenvalue weighted by atomic mass is 16.2. The van der Waals surface area contributed by atoms with Gasteiger partial charge in [0.25, 0.3) is 0 Å². The molecule has 1 atom stereocenters. The maximum Gasteiger partial charge on any atom is 0.219 e. The van der Waals surface area contributed by atoms with E-state index in [1.807, 2.05) is 4.90 Å². The molecule has 0 radical (unpaired) electrons. The lowest BCUT2D eigenvalue weighted by molar-refractivity contribution is -0.130. The third kappa shape index (κ3) is 2.17. The molecule has 0 saturated carbocycles. The van der Waals surface area contributed by atoms with E-state index in [0.717, 1.165) is 13.0 Å². The topological polar surface area (TPSA) is 20.3 Å². The average molecular weight is 195 g/mol. The van der Waals surface area contributed by atoms with Crippen molar-refractivity contribution in [1.29, 1.82) is 0 Å². The fourth-order valence-electron chi connectivity index (χ4n) is 2.25. The van der Waals surface area contributed by atoms with Gasteiger partial charge in [0.15, 0.2) is 0 Å². The van der Waals surface area contributed by atoms with Crippen LogP contribution in [-0.2, 0) is 4.79 Å². The van der Waals surface area contributed by atoms with Crippen molar-refractivity contribution in [2.24, 2.45) is 5.41 Å². The molecular formula is C12H21NO. The molecule has 0 spiro atoms. The van der Waals surface area contributed by atoms with Gasteiger partial charge in [-0.2, -0.15) is 0 Å². The number of carbonyl (C=O) groups excluding carboxylic acids is 1. The highest BCUT2D eigenvalue weighted by molar-refractivity contribution is 5.74. The molecule has 1 amide bonds. The molecule has 0 unspecified atom stereocenters. The molecule has 0 bridgehead atoms. The standard InChI is InChI=1S/C12H21NO/c1-9-11(12(3,4)5)7-6-8-13(9)10(2)14/h7,9H,6,8H2,1-5H3/t9-/m1/s1. The smallest absolute Gasteiger partial charge is 0.219 e. The van der Waals surface area contributed by atoms with Crippen LogP contribution in [0.4, 0.5) is 0 Å². The van der Waals surface area contributed by atoms with E-state index >= 15 is 0 Å². The summed E-state index contributed by atoms with van der Waals surface area (Å²) >= 11 is 0. The molecule has 1 rings (SSSR count). The van der Waals surface area contributed by atoms with E-state index in [1.54, 1.807) is 6.92 Å². The molecular weight excluding hydrogens is 174 g/mol. The van der Waals surface area contributed by atoms with Gasteiger partial charge in [0.1, 0.15) is 0 Å². The molecule has 0 N–H and O–H groups in total. The molecule has 0 aromatic carbocycles. The Morgan fingerprint density at radius 3 is 2.50 bits per heavy atom. The molecule has 0 aromatic heterocycles. The molecule has 14 heavy (non-hydrogen) atoms. The summed E-state index contributed by atoms with van der Waals surface area (Å²) in [7, 11) is 0. The largest absolute Gasteiger partial charge is 0.336 e. The maximum absolute atomic E-state index is 11.4. The summed E-state index contributed by atoms with van der Waals surface area (Å²) in [6.07, 6.45) is 3.29. The number of amides is 1. The van der Waals surface area contributed by atoms with Crippen LogP contribution in [0, 0.1) is 5.41 Å². The summed E-state index contributed by atoms with van der Waals surface area (Å²) in [5.41, 5.74) is 1.56. The van der Waals surface area contributed by atoms with Crippen molar-refractivity contribution in [2.45, 2.75) is 47.1 Å². The molecule has 0 fully saturated rings. The van der Waals surface area contributed by atoms with E-state index in [9.17, 15) is 4.79 Å². The van der Waals surface area contributed by atoms with Gasteiger partial charge in [-0.3, -0.25) is 4.79 Å². The van der Waals surface area contributed by atoms with Crippen molar-refractivity contribution in [1.82, 2.24) is 4.90 Å². The van der Waals surface area contributed by atoms with Crippen LogP contribution in [0.2, 0.25) is 0 Å². The lowest BCUT2D eigenvalue weighted by Gasteiger charge is -2.39. The van der Waals surface area contributed by atoms with E-state index in [1.165, 1.54) is 5.57 Å². The second-order valence-corrected chi connectivity index (χ2v) is 5.09. The fourth-order valence-corrected chi connectivity index (χ4v) is 2.25. The van der Waals surface area contributed by atoms with Crippen LogP contribution < -0.4 is 0 Å². The highest BCUT2D eigenvalue weighted by Crippen LogP contribution is 2.33. The van der Waals surface area contributed by atoms with Crippen molar-refractivity contribution < 1.29 is 4.79 Å². The second kappa shape index (κ2) is 3.76. The maximum atomic E-state index is 11.4. The Bertz CT molecular complexity index is 260. The van der Waals surface area contributed by atoms with Crippen molar-refractivity contribution >= 4 is 5.91 Å². The van der Waals surface area contributed by atoms with E-state index in [0.29, 0.717) is 0 Å². The van der Waals surface area contributed by atoms with Crippen LogP contribution >= 0.6 is 0 Å². The zero-order valence-electron chi connectivity index (χ0n) is 9.92. The van der Waals surface area contributed by atoms with Crippen LogP contribution in [0.15, 0.2) is 11.6 Å². The second-order valence-electron chi connectivity index (χ2n) is 5.09. The predicted octanol–water partition coefficient (Wildman–Crippen LogP) is 2.60. The van der Waals surface area contributed by atoms with E-state index in [2.05, 4.69) is 33.8 Å². The molecule has 2 nitrogen and oxygen atoms in total. The molecule has 1 aliphatic heterocycles. The molecule has 2 heteroatoms. The van der Waals surface area contributed by atoms with Gasteiger partial charge < -0.3 is 4.90 Å². The van der Waals surface area contributed by atoms with Crippen LogP contribution in [0.3, 0.4) is 0 Å². The van der Waals surface area contributed by atoms with Gasteiger partial charge in [0, 0.05) is 13.5 Å². The number of hydrogen-bond donors (Lipinski definition) is 0. The monoisotopic (exact) mass is 195 g/mol. The van der Waals surface area contributed by atoms with E-state index < -0.39 is 0 Å². The first-order valence-electron chi connectivity index (χ1n) is 5.32. The Morgan fingerprint density at radius 2 is 2.07 bits per heavy atom. The van der Waals surface area contributed by atoms with Gasteiger partial charge in [-0.1, -0.05) is 26.8 Å². The fraction of sp³-hybridized carbons (Fsp3) is 0.750. The van der Waals surface area contributed by atoms with Gasteiger partial charge in [0.2, 0.25) is 5.91 Å². The summed E-state index contributed by atoms with van der Waals surface area (Å²) in [6, 6.07) is 0.265. The van der Waals surface area contributed by atoms with Crippen LogP contribution in [0.5, 0.6) is 0 Å². The van der Waals surface area contributed by atoms with Crippen LogP contribution in [0.25, 0.3) is 0 Å². The molecule has 0 aromatic rings. The molecule has 0 saturated heterocycles. The van der Waals surface area contributed by atoms with Crippen molar-refractivity contribution in [2.75, 3.05) is 6.54 Å². The number of nitrogens with zero attached hydrogens (tertiary/aromatic N) is 1. The first-order chi connectivity index (χ1) is 6.34. The number of hydrogen-bond acceptors (Lipinski definition) is 1. The molecule has 1 heterocycles. The van der Waals surface area contributed by atoms with Crippen molar-refractivity contribution in [3.63, 3.8) is 0 Å². The minimum atomic E-state index is 0.174. The Kier molecular flexibility index (Phi) is 3.03. The Morgan fingerprint density at radius 1 is 1.50 bits per heavy atom. The first kappa shape index (κ1) is 11.3. The average Bonchev–Trinajstić information content (AvgIpc) is 2.01. The number of rotatable bonds is 0. The molecule has 0 aliphatic carbocycles. The van der Waals surface area contributed by atoms with Gasteiger partial charge in [0.05, 0.1) is 6.04 Å². The van der Waals surface area contributed by atoms with Gasteiger partial charge >= 0.3 is 0 Å². The van der Waals surface area contributed by atoms with Crippen molar-refractivity contribution in [3.8, 4) is 0 Å². The SMILES string of the molecule is CC(=O)N1CCC=C(C(C)(C)C)[C@H]1C. The lowest BCUT2D eigenvalue weighted by Crippen LogP contribution is -2.43. The Balaban J connectivity index is 2.90. The number of carbonyl (C=O) groups is 1. The highest BCUT2D eigenvalue weighted by Gasteiger charge is 2.29. The predicted molar refractivity (Wildman–Crippen MR) is 59.0 cm³/mol. The Labute approximate surface area is 87.0 Å². The molecule has 1 aliphatic rings. The summed E-state index contributed by atoms with van der Waals surface area (Å²) in [6.45, 7) is 11.3. The van der Waals surface area contributed by atoms with Gasteiger partial charge in [-0.15, -0.1) is 0 Å². The quantitative estimate of drug-likeness (QED) is 0.544. The Hall–Kier alpha value is -0.790. The minimum Gasteiger partial charge on any atom is -0.336 e. The van der Waals surface area contributed by atoms with Crippen LogP contribution in [-0.4, -0.2) is 23.4 Å². The summed E-state index contributed by atoms with van der Waals surface area (Å²) < 4.78 is 0. The van der Waals surface area contributed by atoms with E-state index in [-0.39, 0.29) is 17.4 Å². The lowest BCUT2D eigenvalue weighted by atomic mass is 9.80. The first-order valence-corrected chi connectivity index (χ1v) is 5.32. The van der Waals surface area contributed by atoms with Crippen LogP contribution in [0.1, 0.15) is 41.0 Å². The van der Waals surface area contributed by atoms with Gasteiger partial charge in [-0.25, -0.2) is 0 Å². The zero-order valence-corrected chi connectivity index (χ0v) is 9.92. The summed E-state index contributed by atoms with van der Waals surface area (Å²) in [5.74, 6) is 0.187. The summed E-state index contributed by atoms with van der Waals surface area (Å²) in [5, 5.41) is 0. The zero-order chi connectivity index (χ0) is 10.9. The van der Waals surface area contributed by atoms with E-state index in [4.69, 9.17) is 0 Å². The third-order valence-electron chi connectivity index (χ3n) is 2.92. The minimum absolute atomic E-state index is 0.174. The third-order valence-corrected chi connectivity index (χ3v) is 2.92. The van der Waals surface area contributed by atoms with Crippen molar-refractivity contribution in [3.05, 3.63) is 11.6 Å². The summed E-state index contributed by atoms with van der Waals surface area (Å²) in [4.78, 5) is 13.3. The van der Waals surface area contributed by atoms with Gasteiger partial charge in [-0.05, 0) is 24.3 Å².